The lowest BCUT2D eigenvalue weighted by molar-refractivity contribution is 0.0376. The summed E-state index contributed by atoms with van der Waals surface area (Å²) in [6.07, 6.45) is 1.26. The van der Waals surface area contributed by atoms with Crippen LogP contribution in [0, 0.1) is 0 Å². The highest BCUT2D eigenvalue weighted by Gasteiger charge is 2.09. The molecule has 1 aliphatic heterocycles. The van der Waals surface area contributed by atoms with Crippen molar-refractivity contribution in [2.45, 2.75) is 26.4 Å². The lowest BCUT2D eigenvalue weighted by Gasteiger charge is -2.26. The fourth-order valence-electron chi connectivity index (χ4n) is 2.39. The lowest BCUT2D eigenvalue weighted by atomic mass is 10.3. The van der Waals surface area contributed by atoms with E-state index in [1.54, 1.807) is 0 Å². The van der Waals surface area contributed by atoms with E-state index < -0.39 is 0 Å². The van der Waals surface area contributed by atoms with E-state index in [0.717, 1.165) is 57.3 Å². The van der Waals surface area contributed by atoms with Crippen molar-refractivity contribution in [1.29, 1.82) is 0 Å². The van der Waals surface area contributed by atoms with Crippen LogP contribution in [-0.4, -0.2) is 55.5 Å². The molecule has 0 radical (unpaired) electrons. The first-order valence-corrected chi connectivity index (χ1v) is 8.66. The summed E-state index contributed by atoms with van der Waals surface area (Å²) >= 11 is 5.32. The Labute approximate surface area is 144 Å². The van der Waals surface area contributed by atoms with Crippen LogP contribution in [0.4, 0.5) is 5.69 Å². The minimum absolute atomic E-state index is 0.183. The predicted octanol–water partition coefficient (Wildman–Crippen LogP) is 2.48. The lowest BCUT2D eigenvalue weighted by Crippen LogP contribution is -2.38. The van der Waals surface area contributed by atoms with E-state index >= 15 is 0 Å². The SMILES string of the molecule is CC(C)Oc1ccc(NC(=S)NCCCN2CCOCC2)cc1. The summed E-state index contributed by atoms with van der Waals surface area (Å²) in [6, 6.07) is 7.84. The number of ether oxygens (including phenoxy) is 2. The van der Waals surface area contributed by atoms with Crippen molar-refractivity contribution in [3.8, 4) is 5.75 Å². The number of morpholine rings is 1. The van der Waals surface area contributed by atoms with Crippen molar-refractivity contribution >= 4 is 23.0 Å². The largest absolute Gasteiger partial charge is 0.491 e. The van der Waals surface area contributed by atoms with Gasteiger partial charge in [0, 0.05) is 25.3 Å². The molecule has 0 amide bonds. The average molecular weight is 337 g/mol. The second-order valence-electron chi connectivity index (χ2n) is 5.88. The Morgan fingerprint density at radius 2 is 1.96 bits per heavy atom. The number of hydrogen-bond acceptors (Lipinski definition) is 4. The third kappa shape index (κ3) is 7.16. The molecular formula is C17H27N3O2S. The zero-order valence-electron chi connectivity index (χ0n) is 14.0. The summed E-state index contributed by atoms with van der Waals surface area (Å²) in [5.41, 5.74) is 0.965. The molecule has 1 aromatic rings. The maximum absolute atomic E-state index is 5.62. The molecule has 128 valence electrons. The third-order valence-corrected chi connectivity index (χ3v) is 3.77. The van der Waals surface area contributed by atoms with E-state index in [1.165, 1.54) is 0 Å². The van der Waals surface area contributed by atoms with Gasteiger partial charge in [-0.2, -0.15) is 0 Å². The molecule has 0 spiro atoms. The van der Waals surface area contributed by atoms with Gasteiger partial charge in [0.05, 0.1) is 19.3 Å². The zero-order chi connectivity index (χ0) is 16.5. The first-order valence-electron chi connectivity index (χ1n) is 8.25. The molecule has 6 heteroatoms. The topological polar surface area (TPSA) is 45.8 Å². The fourth-order valence-corrected chi connectivity index (χ4v) is 2.61. The van der Waals surface area contributed by atoms with Crippen LogP contribution in [0.2, 0.25) is 0 Å². The highest BCUT2D eigenvalue weighted by atomic mass is 32.1. The van der Waals surface area contributed by atoms with Gasteiger partial charge >= 0.3 is 0 Å². The maximum atomic E-state index is 5.62. The molecule has 1 fully saturated rings. The molecule has 2 N–H and O–H groups in total. The molecule has 0 aliphatic carbocycles. The molecule has 0 atom stereocenters. The molecule has 0 saturated carbocycles. The number of hydrogen-bond donors (Lipinski definition) is 2. The molecule has 0 bridgehead atoms. The van der Waals surface area contributed by atoms with Crippen molar-refractivity contribution in [2.24, 2.45) is 0 Å². The first kappa shape index (κ1) is 18.0. The van der Waals surface area contributed by atoms with Crippen LogP contribution in [0.5, 0.6) is 5.75 Å². The van der Waals surface area contributed by atoms with Gasteiger partial charge in [-0.15, -0.1) is 0 Å². The zero-order valence-corrected chi connectivity index (χ0v) is 14.8. The monoisotopic (exact) mass is 337 g/mol. The van der Waals surface area contributed by atoms with Crippen LogP contribution in [-0.2, 0) is 4.74 Å². The number of benzene rings is 1. The molecular weight excluding hydrogens is 310 g/mol. The second-order valence-corrected chi connectivity index (χ2v) is 6.29. The molecule has 1 heterocycles. The molecule has 0 aromatic heterocycles. The number of thiocarbonyl (C=S) groups is 1. The van der Waals surface area contributed by atoms with Crippen LogP contribution < -0.4 is 15.4 Å². The van der Waals surface area contributed by atoms with Gasteiger partial charge in [0.25, 0.3) is 0 Å². The Bertz CT molecular complexity index is 473. The Kier molecular flexibility index (Phi) is 7.58. The van der Waals surface area contributed by atoms with Gasteiger partial charge in [0.15, 0.2) is 5.11 Å². The van der Waals surface area contributed by atoms with Crippen molar-refractivity contribution in [1.82, 2.24) is 10.2 Å². The minimum atomic E-state index is 0.183. The van der Waals surface area contributed by atoms with E-state index in [1.807, 2.05) is 38.1 Å². The molecule has 0 unspecified atom stereocenters. The van der Waals surface area contributed by atoms with E-state index in [4.69, 9.17) is 21.7 Å². The van der Waals surface area contributed by atoms with Crippen LogP contribution >= 0.6 is 12.2 Å². The van der Waals surface area contributed by atoms with Crippen LogP contribution in [0.1, 0.15) is 20.3 Å². The standard InChI is InChI=1S/C17H27N3O2S/c1-14(2)22-16-6-4-15(5-7-16)19-17(23)18-8-3-9-20-10-12-21-13-11-20/h4-7,14H,3,8-13H2,1-2H3,(H2,18,19,23). The Balaban J connectivity index is 1.62. The second kappa shape index (κ2) is 9.70. The molecule has 2 rings (SSSR count). The highest BCUT2D eigenvalue weighted by molar-refractivity contribution is 7.80. The minimum Gasteiger partial charge on any atom is -0.491 e. The van der Waals surface area contributed by atoms with Crippen molar-refractivity contribution in [3.05, 3.63) is 24.3 Å². The van der Waals surface area contributed by atoms with Gasteiger partial charge in [0.1, 0.15) is 5.75 Å². The summed E-state index contributed by atoms with van der Waals surface area (Å²) < 4.78 is 11.0. The molecule has 1 aliphatic rings. The third-order valence-electron chi connectivity index (χ3n) is 3.52. The predicted molar refractivity (Wildman–Crippen MR) is 98.3 cm³/mol. The van der Waals surface area contributed by atoms with Crippen molar-refractivity contribution in [2.75, 3.05) is 44.7 Å². The quantitative estimate of drug-likeness (QED) is 0.589. The Morgan fingerprint density at radius 3 is 2.61 bits per heavy atom. The summed E-state index contributed by atoms with van der Waals surface area (Å²) in [4.78, 5) is 2.43. The number of rotatable bonds is 7. The smallest absolute Gasteiger partial charge is 0.170 e. The average Bonchev–Trinajstić information content (AvgIpc) is 2.54. The normalized spacial score (nSPS) is 15.4. The molecule has 1 saturated heterocycles. The Hall–Kier alpha value is -1.37. The summed E-state index contributed by atoms with van der Waals surface area (Å²) in [6.45, 7) is 9.76. The molecule has 1 aromatic carbocycles. The van der Waals surface area contributed by atoms with Crippen LogP contribution in [0.15, 0.2) is 24.3 Å². The van der Waals surface area contributed by atoms with E-state index in [-0.39, 0.29) is 6.10 Å². The first-order chi connectivity index (χ1) is 11.1. The molecule has 5 nitrogen and oxygen atoms in total. The summed E-state index contributed by atoms with van der Waals surface area (Å²) in [5.74, 6) is 0.870. The number of nitrogens with one attached hydrogen (secondary N) is 2. The fraction of sp³-hybridized carbons (Fsp3) is 0.588. The van der Waals surface area contributed by atoms with Crippen LogP contribution in [0.3, 0.4) is 0 Å². The summed E-state index contributed by atoms with van der Waals surface area (Å²) in [5, 5.41) is 7.10. The van der Waals surface area contributed by atoms with Crippen LogP contribution in [0.25, 0.3) is 0 Å². The van der Waals surface area contributed by atoms with Gasteiger partial charge in [0.2, 0.25) is 0 Å². The van der Waals surface area contributed by atoms with Crippen molar-refractivity contribution in [3.63, 3.8) is 0 Å². The number of anilines is 1. The van der Waals surface area contributed by atoms with Gasteiger partial charge in [-0.05, 0) is 63.3 Å². The van der Waals surface area contributed by atoms with Gasteiger partial charge in [-0.1, -0.05) is 0 Å². The van der Waals surface area contributed by atoms with Crippen molar-refractivity contribution < 1.29 is 9.47 Å². The number of nitrogens with zero attached hydrogens (tertiary/aromatic N) is 1. The van der Waals surface area contributed by atoms with Gasteiger partial charge in [-0.3, -0.25) is 4.90 Å². The van der Waals surface area contributed by atoms with Gasteiger partial charge < -0.3 is 20.1 Å². The van der Waals surface area contributed by atoms with E-state index in [0.29, 0.717) is 5.11 Å². The summed E-state index contributed by atoms with van der Waals surface area (Å²) in [7, 11) is 0. The Morgan fingerprint density at radius 1 is 1.26 bits per heavy atom. The highest BCUT2D eigenvalue weighted by Crippen LogP contribution is 2.16. The van der Waals surface area contributed by atoms with E-state index in [9.17, 15) is 0 Å². The van der Waals surface area contributed by atoms with E-state index in [2.05, 4.69) is 15.5 Å². The maximum Gasteiger partial charge on any atom is 0.170 e. The molecule has 23 heavy (non-hydrogen) atoms. The van der Waals surface area contributed by atoms with Gasteiger partial charge in [-0.25, -0.2) is 0 Å².